The molecule has 4 nitrogen and oxygen atoms in total. The molecule has 0 unspecified atom stereocenters. The van der Waals surface area contributed by atoms with E-state index in [1.807, 2.05) is 24.4 Å². The van der Waals surface area contributed by atoms with Gasteiger partial charge < -0.3 is 15.5 Å². The van der Waals surface area contributed by atoms with E-state index >= 15 is 0 Å². The van der Waals surface area contributed by atoms with E-state index in [1.165, 1.54) is 0 Å². The summed E-state index contributed by atoms with van der Waals surface area (Å²) in [6.07, 6.45) is 2.04. The highest BCUT2D eigenvalue weighted by molar-refractivity contribution is 9.10. The summed E-state index contributed by atoms with van der Waals surface area (Å²) in [6.45, 7) is 2.16. The van der Waals surface area contributed by atoms with Crippen molar-refractivity contribution >= 4 is 32.8 Å². The van der Waals surface area contributed by atoms with Gasteiger partial charge in [0.1, 0.15) is 0 Å². The average molecular weight is 311 g/mol. The molecule has 3 N–H and O–H groups in total. The molecule has 1 atom stereocenters. The minimum absolute atomic E-state index is 0.188. The van der Waals surface area contributed by atoms with Crippen LogP contribution in [0.1, 0.15) is 24.9 Å². The fourth-order valence-corrected chi connectivity index (χ4v) is 2.29. The standard InChI is InChI=1S/C13H15BrN2O2/c1-2-18-13(17)6-11(15)10-7-16-12-4-3-8(14)5-9(10)12/h3-5,7,11,16H,2,6,15H2,1H3/t11-/m1/s1. The van der Waals surface area contributed by atoms with Gasteiger partial charge in [-0.2, -0.15) is 0 Å². The Bertz CT molecular complexity index is 565. The predicted octanol–water partition coefficient (Wildman–Crippen LogP) is 2.88. The molecular weight excluding hydrogens is 296 g/mol. The molecule has 1 heterocycles. The van der Waals surface area contributed by atoms with Crippen LogP contribution in [-0.2, 0) is 9.53 Å². The van der Waals surface area contributed by atoms with Gasteiger partial charge in [-0.15, -0.1) is 0 Å². The Balaban J connectivity index is 2.24. The number of ether oxygens (including phenoxy) is 1. The Labute approximate surface area is 114 Å². The third kappa shape index (κ3) is 2.73. The van der Waals surface area contributed by atoms with Gasteiger partial charge in [-0.1, -0.05) is 15.9 Å². The van der Waals surface area contributed by atoms with E-state index < -0.39 is 0 Å². The summed E-state index contributed by atoms with van der Waals surface area (Å²) in [5, 5.41) is 1.03. The highest BCUT2D eigenvalue weighted by atomic mass is 79.9. The van der Waals surface area contributed by atoms with Crippen molar-refractivity contribution in [1.82, 2.24) is 4.98 Å². The van der Waals surface area contributed by atoms with Gasteiger partial charge in [0.05, 0.1) is 13.0 Å². The van der Waals surface area contributed by atoms with Gasteiger partial charge in [0.25, 0.3) is 0 Å². The van der Waals surface area contributed by atoms with E-state index in [-0.39, 0.29) is 18.4 Å². The third-order valence-corrected chi connectivity index (χ3v) is 3.26. The molecule has 2 rings (SSSR count). The van der Waals surface area contributed by atoms with E-state index in [9.17, 15) is 4.79 Å². The summed E-state index contributed by atoms with van der Waals surface area (Å²) in [6, 6.07) is 5.57. The predicted molar refractivity (Wildman–Crippen MR) is 74.2 cm³/mol. The van der Waals surface area contributed by atoms with Crippen LogP contribution in [-0.4, -0.2) is 17.6 Å². The molecule has 2 aromatic rings. The summed E-state index contributed by atoms with van der Waals surface area (Å²) in [7, 11) is 0. The number of esters is 1. The first-order valence-electron chi connectivity index (χ1n) is 5.79. The second-order valence-corrected chi connectivity index (χ2v) is 4.97. The van der Waals surface area contributed by atoms with Gasteiger partial charge in [0.2, 0.25) is 0 Å². The topological polar surface area (TPSA) is 68.1 Å². The van der Waals surface area contributed by atoms with E-state index in [2.05, 4.69) is 20.9 Å². The molecule has 0 bridgehead atoms. The molecule has 0 aliphatic heterocycles. The lowest BCUT2D eigenvalue weighted by Gasteiger charge is -2.10. The van der Waals surface area contributed by atoms with Crippen LogP contribution in [0.3, 0.4) is 0 Å². The molecule has 0 amide bonds. The maximum atomic E-state index is 11.4. The van der Waals surface area contributed by atoms with Crippen LogP contribution in [0, 0.1) is 0 Å². The summed E-state index contributed by atoms with van der Waals surface area (Å²) in [5.41, 5.74) is 7.99. The van der Waals surface area contributed by atoms with Gasteiger partial charge in [0, 0.05) is 27.6 Å². The van der Waals surface area contributed by atoms with Crippen molar-refractivity contribution in [3.63, 3.8) is 0 Å². The number of carbonyl (C=O) groups excluding carboxylic acids is 1. The van der Waals surface area contributed by atoms with Gasteiger partial charge in [0.15, 0.2) is 0 Å². The molecule has 0 saturated heterocycles. The van der Waals surface area contributed by atoms with E-state index in [0.717, 1.165) is 20.9 Å². The van der Waals surface area contributed by atoms with Crippen molar-refractivity contribution < 1.29 is 9.53 Å². The van der Waals surface area contributed by atoms with Gasteiger partial charge in [-0.25, -0.2) is 0 Å². The number of rotatable bonds is 4. The Morgan fingerprint density at radius 1 is 1.56 bits per heavy atom. The second kappa shape index (κ2) is 5.54. The molecule has 0 aliphatic carbocycles. The van der Waals surface area contributed by atoms with Crippen LogP contribution in [0.4, 0.5) is 0 Å². The largest absolute Gasteiger partial charge is 0.466 e. The number of halogens is 1. The number of benzene rings is 1. The van der Waals surface area contributed by atoms with Gasteiger partial charge in [-0.3, -0.25) is 4.79 Å². The van der Waals surface area contributed by atoms with Crippen molar-refractivity contribution in [2.45, 2.75) is 19.4 Å². The highest BCUT2D eigenvalue weighted by Gasteiger charge is 2.16. The first kappa shape index (κ1) is 13.1. The molecule has 0 saturated carbocycles. The summed E-state index contributed by atoms with van der Waals surface area (Å²) in [4.78, 5) is 14.6. The number of nitrogens with one attached hydrogen (secondary N) is 1. The van der Waals surface area contributed by atoms with Crippen molar-refractivity contribution in [3.05, 3.63) is 34.4 Å². The SMILES string of the molecule is CCOC(=O)C[C@@H](N)c1c[nH]c2ccc(Br)cc12. The van der Waals surface area contributed by atoms with Gasteiger partial charge in [-0.05, 0) is 30.7 Å². The number of hydrogen-bond donors (Lipinski definition) is 2. The molecule has 5 heteroatoms. The molecule has 1 aromatic heterocycles. The van der Waals surface area contributed by atoms with Crippen LogP contribution in [0.15, 0.2) is 28.9 Å². The summed E-state index contributed by atoms with van der Waals surface area (Å²) >= 11 is 3.43. The number of nitrogens with two attached hydrogens (primary N) is 1. The van der Waals surface area contributed by atoms with Crippen molar-refractivity contribution in [2.24, 2.45) is 5.73 Å². The molecule has 18 heavy (non-hydrogen) atoms. The van der Waals surface area contributed by atoms with Crippen LogP contribution in [0.25, 0.3) is 10.9 Å². The Morgan fingerprint density at radius 2 is 2.33 bits per heavy atom. The third-order valence-electron chi connectivity index (χ3n) is 2.77. The zero-order chi connectivity index (χ0) is 13.1. The summed E-state index contributed by atoms with van der Waals surface area (Å²) in [5.74, 6) is -0.269. The van der Waals surface area contributed by atoms with Crippen LogP contribution in [0.5, 0.6) is 0 Å². The minimum Gasteiger partial charge on any atom is -0.466 e. The lowest BCUT2D eigenvalue weighted by molar-refractivity contribution is -0.143. The summed E-state index contributed by atoms with van der Waals surface area (Å²) < 4.78 is 5.89. The maximum absolute atomic E-state index is 11.4. The van der Waals surface area contributed by atoms with Gasteiger partial charge >= 0.3 is 5.97 Å². The number of aromatic nitrogens is 1. The number of hydrogen-bond acceptors (Lipinski definition) is 3. The number of carbonyl (C=O) groups is 1. The van der Waals surface area contributed by atoms with E-state index in [0.29, 0.717) is 6.61 Å². The van der Waals surface area contributed by atoms with Crippen LogP contribution >= 0.6 is 15.9 Å². The average Bonchev–Trinajstić information content (AvgIpc) is 2.71. The monoisotopic (exact) mass is 310 g/mol. The fraction of sp³-hybridized carbons (Fsp3) is 0.308. The molecule has 1 aromatic carbocycles. The van der Waals surface area contributed by atoms with Crippen LogP contribution in [0.2, 0.25) is 0 Å². The molecule has 0 spiro atoms. The van der Waals surface area contributed by atoms with Crippen LogP contribution < -0.4 is 5.73 Å². The number of fused-ring (bicyclic) bond motifs is 1. The van der Waals surface area contributed by atoms with Crippen molar-refractivity contribution in [1.29, 1.82) is 0 Å². The maximum Gasteiger partial charge on any atom is 0.307 e. The lowest BCUT2D eigenvalue weighted by Crippen LogP contribution is -2.16. The Hall–Kier alpha value is -1.33. The first-order chi connectivity index (χ1) is 8.61. The smallest absolute Gasteiger partial charge is 0.307 e. The molecule has 0 fully saturated rings. The second-order valence-electron chi connectivity index (χ2n) is 4.05. The molecular formula is C13H15BrN2O2. The number of aromatic amines is 1. The molecule has 0 radical (unpaired) electrons. The molecule has 96 valence electrons. The Kier molecular flexibility index (Phi) is 4.04. The van der Waals surface area contributed by atoms with Crippen molar-refractivity contribution in [3.8, 4) is 0 Å². The van der Waals surface area contributed by atoms with E-state index in [4.69, 9.17) is 10.5 Å². The quantitative estimate of drug-likeness (QED) is 0.853. The fourth-order valence-electron chi connectivity index (χ4n) is 1.93. The zero-order valence-electron chi connectivity index (χ0n) is 10.1. The normalized spacial score (nSPS) is 12.6. The molecule has 0 aliphatic rings. The van der Waals surface area contributed by atoms with E-state index in [1.54, 1.807) is 6.92 Å². The first-order valence-corrected chi connectivity index (χ1v) is 6.59. The van der Waals surface area contributed by atoms with Crippen molar-refractivity contribution in [2.75, 3.05) is 6.61 Å². The lowest BCUT2D eigenvalue weighted by atomic mass is 10.0. The zero-order valence-corrected chi connectivity index (χ0v) is 11.7. The Morgan fingerprint density at radius 3 is 3.06 bits per heavy atom. The minimum atomic E-state index is -0.355. The number of H-pyrrole nitrogens is 1. The highest BCUT2D eigenvalue weighted by Crippen LogP contribution is 2.27.